The Morgan fingerprint density at radius 3 is 2.35 bits per heavy atom. The predicted molar refractivity (Wildman–Crippen MR) is 90.8 cm³/mol. The van der Waals surface area contributed by atoms with Gasteiger partial charge in [-0.25, -0.2) is 0 Å². The van der Waals surface area contributed by atoms with Crippen molar-refractivity contribution in [2.45, 2.75) is 57.2 Å². The molecule has 4 fully saturated rings. The molecule has 0 aromatic carbocycles. The lowest BCUT2D eigenvalue weighted by Crippen LogP contribution is -2.56. The van der Waals surface area contributed by atoms with Crippen LogP contribution in [0.15, 0.2) is 11.4 Å². The molecule has 0 aliphatic heterocycles. The molecule has 110 valence electrons. The van der Waals surface area contributed by atoms with Crippen molar-refractivity contribution in [1.29, 1.82) is 0 Å². The van der Waals surface area contributed by atoms with E-state index in [-0.39, 0.29) is 0 Å². The van der Waals surface area contributed by atoms with Crippen LogP contribution < -0.4 is 0 Å². The van der Waals surface area contributed by atoms with Gasteiger partial charge in [-0.1, -0.05) is 41.4 Å². The summed E-state index contributed by atoms with van der Waals surface area (Å²) < 4.78 is 0. The Morgan fingerprint density at radius 2 is 1.85 bits per heavy atom. The highest BCUT2D eigenvalue weighted by atomic mass is 79.9. The summed E-state index contributed by atoms with van der Waals surface area (Å²) in [6.45, 7) is 5.08. The fraction of sp³-hybridized carbons (Fsp3) is 0.765. The van der Waals surface area contributed by atoms with Gasteiger partial charge >= 0.3 is 0 Å². The highest BCUT2D eigenvalue weighted by molar-refractivity contribution is 9.09. The molecule has 1 aromatic rings. The molecule has 0 spiro atoms. The Morgan fingerprint density at radius 1 is 1.20 bits per heavy atom. The van der Waals surface area contributed by atoms with Crippen LogP contribution in [0, 0.1) is 22.2 Å². The second-order valence-corrected chi connectivity index (χ2v) is 10.8. The van der Waals surface area contributed by atoms with Crippen LogP contribution >= 0.6 is 38.9 Å². The maximum Gasteiger partial charge on any atom is 0.0560 e. The van der Waals surface area contributed by atoms with Crippen molar-refractivity contribution >= 4 is 38.9 Å². The van der Waals surface area contributed by atoms with Crippen molar-refractivity contribution in [3.05, 3.63) is 21.3 Å². The monoisotopic (exact) mass is 372 g/mol. The second kappa shape index (κ2) is 4.26. The number of rotatable bonds is 2. The first-order chi connectivity index (χ1) is 9.33. The zero-order chi connectivity index (χ0) is 14.2. The summed E-state index contributed by atoms with van der Waals surface area (Å²) in [4.78, 5) is 1.81. The molecule has 4 bridgehead atoms. The molecule has 5 rings (SSSR count). The fourth-order valence-corrected chi connectivity index (χ4v) is 9.08. The largest absolute Gasteiger partial charge is 0.146 e. The molecule has 0 amide bonds. The Hall–Kier alpha value is 0.470. The van der Waals surface area contributed by atoms with Crippen LogP contribution in [0.5, 0.6) is 0 Å². The summed E-state index contributed by atoms with van der Waals surface area (Å²) in [6, 6.07) is 2.06. The van der Waals surface area contributed by atoms with Crippen LogP contribution in [0.4, 0.5) is 0 Å². The summed E-state index contributed by atoms with van der Waals surface area (Å²) in [7, 11) is 0. The van der Waals surface area contributed by atoms with Gasteiger partial charge in [0.15, 0.2) is 0 Å². The van der Waals surface area contributed by atoms with Gasteiger partial charge in [-0.15, -0.1) is 11.3 Å². The molecule has 3 unspecified atom stereocenters. The second-order valence-electron chi connectivity index (χ2n) is 8.49. The minimum Gasteiger partial charge on any atom is -0.146 e. The van der Waals surface area contributed by atoms with Crippen molar-refractivity contribution in [3.63, 3.8) is 0 Å². The van der Waals surface area contributed by atoms with E-state index in [4.69, 9.17) is 11.6 Å². The normalized spacial score (nSPS) is 47.7. The minimum absolute atomic E-state index is 0.442. The van der Waals surface area contributed by atoms with Gasteiger partial charge in [0.2, 0.25) is 0 Å². The SMILES string of the molecule is CC12CC3CC(C)(C1)CC(C(Br)c1sccc1Cl)(C3)C2. The van der Waals surface area contributed by atoms with Crippen LogP contribution in [0.2, 0.25) is 5.02 Å². The Bertz CT molecular complexity index is 533. The van der Waals surface area contributed by atoms with E-state index in [0.717, 1.165) is 10.9 Å². The first kappa shape index (κ1) is 14.1. The number of thiophene rings is 1. The van der Waals surface area contributed by atoms with Gasteiger partial charge in [0, 0.05) is 4.88 Å². The number of hydrogen-bond acceptors (Lipinski definition) is 1. The zero-order valence-corrected chi connectivity index (χ0v) is 15.4. The van der Waals surface area contributed by atoms with Crippen molar-refractivity contribution in [3.8, 4) is 0 Å². The Kier molecular flexibility index (Phi) is 3.00. The maximum atomic E-state index is 6.42. The highest BCUT2D eigenvalue weighted by Crippen LogP contribution is 2.73. The molecule has 3 atom stereocenters. The quantitative estimate of drug-likeness (QED) is 0.498. The molecule has 20 heavy (non-hydrogen) atoms. The summed E-state index contributed by atoms with van der Waals surface area (Å²) in [5.41, 5.74) is 1.59. The van der Waals surface area contributed by atoms with Gasteiger partial charge in [-0.05, 0) is 72.1 Å². The van der Waals surface area contributed by atoms with E-state index in [1.165, 1.54) is 43.4 Å². The van der Waals surface area contributed by atoms with Crippen molar-refractivity contribution in [1.82, 2.24) is 0 Å². The lowest BCUT2D eigenvalue weighted by Gasteiger charge is -2.66. The van der Waals surface area contributed by atoms with Gasteiger partial charge in [0.05, 0.1) is 9.85 Å². The average molecular weight is 374 g/mol. The predicted octanol–water partition coefficient (Wildman–Crippen LogP) is 6.83. The summed E-state index contributed by atoms with van der Waals surface area (Å²) >= 11 is 12.3. The molecule has 4 saturated carbocycles. The standard InChI is InChI=1S/C17H22BrClS/c1-15-5-11-6-16(2,8-15)10-17(7-11,9-15)14(18)13-12(19)3-4-20-13/h3-4,11,14H,5-10H2,1-2H3. The van der Waals surface area contributed by atoms with Gasteiger partial charge < -0.3 is 0 Å². The number of halogens is 2. The van der Waals surface area contributed by atoms with E-state index in [1.54, 1.807) is 0 Å². The van der Waals surface area contributed by atoms with E-state index >= 15 is 0 Å². The molecule has 0 N–H and O–H groups in total. The summed E-state index contributed by atoms with van der Waals surface area (Å²) in [5, 5.41) is 3.10. The summed E-state index contributed by atoms with van der Waals surface area (Å²) in [6.07, 6.45) is 8.54. The van der Waals surface area contributed by atoms with E-state index in [0.29, 0.717) is 21.1 Å². The first-order valence-electron chi connectivity index (χ1n) is 7.70. The molecule has 4 aliphatic rings. The molecular weight excluding hydrogens is 352 g/mol. The first-order valence-corrected chi connectivity index (χ1v) is 9.88. The van der Waals surface area contributed by atoms with Gasteiger partial charge in [0.25, 0.3) is 0 Å². The Balaban J connectivity index is 1.75. The van der Waals surface area contributed by atoms with Crippen LogP contribution in [0.3, 0.4) is 0 Å². The van der Waals surface area contributed by atoms with E-state index in [1.807, 2.05) is 11.3 Å². The third kappa shape index (κ3) is 1.97. The van der Waals surface area contributed by atoms with Gasteiger partial charge in [-0.2, -0.15) is 0 Å². The highest BCUT2D eigenvalue weighted by Gasteiger charge is 2.62. The lowest BCUT2D eigenvalue weighted by molar-refractivity contribution is -0.144. The van der Waals surface area contributed by atoms with Crippen molar-refractivity contribution < 1.29 is 0 Å². The molecule has 0 saturated heterocycles. The fourth-order valence-electron chi connectivity index (χ4n) is 6.58. The molecule has 1 aromatic heterocycles. The van der Waals surface area contributed by atoms with Crippen LogP contribution in [-0.2, 0) is 0 Å². The van der Waals surface area contributed by atoms with Crippen LogP contribution in [0.25, 0.3) is 0 Å². The molecule has 3 heteroatoms. The van der Waals surface area contributed by atoms with Gasteiger partial charge in [0.1, 0.15) is 0 Å². The molecule has 4 aliphatic carbocycles. The third-order valence-corrected chi connectivity index (χ3v) is 9.24. The molecule has 1 heterocycles. The summed E-state index contributed by atoms with van der Waals surface area (Å²) in [5.74, 6) is 0.944. The topological polar surface area (TPSA) is 0 Å². The average Bonchev–Trinajstić information content (AvgIpc) is 2.69. The van der Waals surface area contributed by atoms with E-state index in [2.05, 4.69) is 41.2 Å². The third-order valence-electron chi connectivity index (χ3n) is 6.08. The van der Waals surface area contributed by atoms with Gasteiger partial charge in [-0.3, -0.25) is 0 Å². The minimum atomic E-state index is 0.442. The number of hydrogen-bond donors (Lipinski definition) is 0. The lowest BCUT2D eigenvalue weighted by atomic mass is 9.40. The number of alkyl halides is 1. The molecule has 0 radical (unpaired) electrons. The zero-order valence-electron chi connectivity index (χ0n) is 12.2. The molecule has 0 nitrogen and oxygen atoms in total. The smallest absolute Gasteiger partial charge is 0.0560 e. The van der Waals surface area contributed by atoms with Crippen molar-refractivity contribution in [2.75, 3.05) is 0 Å². The Labute approximate surface area is 139 Å². The van der Waals surface area contributed by atoms with E-state index < -0.39 is 0 Å². The maximum absolute atomic E-state index is 6.42. The van der Waals surface area contributed by atoms with E-state index in [9.17, 15) is 0 Å². The van der Waals surface area contributed by atoms with Crippen LogP contribution in [0.1, 0.15) is 62.1 Å². The van der Waals surface area contributed by atoms with Crippen LogP contribution in [-0.4, -0.2) is 0 Å². The van der Waals surface area contributed by atoms with Crippen molar-refractivity contribution in [2.24, 2.45) is 22.2 Å². The molecular formula is C17H22BrClS.